The summed E-state index contributed by atoms with van der Waals surface area (Å²) in [6.07, 6.45) is -4.72. The standard InChI is InChI=1S/C22H21F3N2O3/c1-29-21(28)19-20(22(23,24)25)30-18(26-19)12-13-27(14-16-8-4-2-5-9-16)15-17-10-6-3-7-11-17/h2-11H,12-15H2,1H3. The topological polar surface area (TPSA) is 55.6 Å². The van der Waals surface area contributed by atoms with E-state index in [0.29, 0.717) is 19.6 Å². The molecule has 3 rings (SSSR count). The van der Waals surface area contributed by atoms with E-state index in [1.165, 1.54) is 0 Å². The fourth-order valence-electron chi connectivity index (χ4n) is 3.05. The van der Waals surface area contributed by atoms with Crippen LogP contribution in [0, 0.1) is 0 Å². The third-order valence-corrected chi connectivity index (χ3v) is 4.45. The van der Waals surface area contributed by atoms with Gasteiger partial charge in [-0.2, -0.15) is 13.2 Å². The van der Waals surface area contributed by atoms with Crippen LogP contribution >= 0.6 is 0 Å². The number of ether oxygens (including phenoxy) is 1. The van der Waals surface area contributed by atoms with E-state index in [1.807, 2.05) is 60.7 Å². The summed E-state index contributed by atoms with van der Waals surface area (Å²) in [6.45, 7) is 1.60. The Balaban J connectivity index is 1.77. The molecule has 0 bridgehead atoms. The Kier molecular flexibility index (Phi) is 6.89. The Morgan fingerprint density at radius 2 is 1.53 bits per heavy atom. The minimum Gasteiger partial charge on any atom is -0.464 e. The predicted octanol–water partition coefficient (Wildman–Crippen LogP) is 4.72. The zero-order valence-corrected chi connectivity index (χ0v) is 16.4. The molecule has 2 aromatic carbocycles. The van der Waals surface area contributed by atoms with Gasteiger partial charge in [0.25, 0.3) is 0 Å². The highest BCUT2D eigenvalue weighted by molar-refractivity contribution is 5.88. The molecule has 8 heteroatoms. The molecule has 0 spiro atoms. The van der Waals surface area contributed by atoms with Crippen molar-refractivity contribution in [1.82, 2.24) is 9.88 Å². The van der Waals surface area contributed by atoms with E-state index in [-0.39, 0.29) is 12.3 Å². The van der Waals surface area contributed by atoms with Crippen molar-refractivity contribution in [3.63, 3.8) is 0 Å². The average molecular weight is 418 g/mol. The number of hydrogen-bond donors (Lipinski definition) is 0. The van der Waals surface area contributed by atoms with E-state index < -0.39 is 23.6 Å². The maximum atomic E-state index is 13.2. The quantitative estimate of drug-likeness (QED) is 0.496. The first kappa shape index (κ1) is 21.6. The number of nitrogens with zero attached hydrogens (tertiary/aromatic N) is 2. The van der Waals surface area contributed by atoms with Gasteiger partial charge >= 0.3 is 12.1 Å². The summed E-state index contributed by atoms with van der Waals surface area (Å²) < 4.78 is 48.8. The van der Waals surface area contributed by atoms with Crippen LogP contribution < -0.4 is 0 Å². The molecule has 0 atom stereocenters. The van der Waals surface area contributed by atoms with Crippen molar-refractivity contribution in [2.24, 2.45) is 0 Å². The molecule has 0 amide bonds. The monoisotopic (exact) mass is 418 g/mol. The van der Waals surface area contributed by atoms with Crippen LogP contribution in [0.25, 0.3) is 0 Å². The Morgan fingerprint density at radius 1 is 1.00 bits per heavy atom. The van der Waals surface area contributed by atoms with E-state index in [2.05, 4.69) is 14.6 Å². The molecule has 0 aliphatic heterocycles. The van der Waals surface area contributed by atoms with Gasteiger partial charge in [-0.25, -0.2) is 9.78 Å². The zero-order valence-electron chi connectivity index (χ0n) is 16.4. The van der Waals surface area contributed by atoms with Crippen molar-refractivity contribution in [2.75, 3.05) is 13.7 Å². The minimum atomic E-state index is -4.83. The van der Waals surface area contributed by atoms with Crippen LogP contribution in [0.5, 0.6) is 0 Å². The fourth-order valence-corrected chi connectivity index (χ4v) is 3.05. The minimum absolute atomic E-state index is 0.111. The zero-order chi connectivity index (χ0) is 21.6. The number of rotatable bonds is 8. The molecule has 1 heterocycles. The van der Waals surface area contributed by atoms with Crippen LogP contribution in [-0.4, -0.2) is 29.5 Å². The number of esters is 1. The first-order chi connectivity index (χ1) is 14.4. The van der Waals surface area contributed by atoms with Gasteiger partial charge in [0.1, 0.15) is 0 Å². The number of alkyl halides is 3. The van der Waals surface area contributed by atoms with Gasteiger partial charge in [0.05, 0.1) is 7.11 Å². The number of aromatic nitrogens is 1. The average Bonchev–Trinajstić information content (AvgIpc) is 3.18. The largest absolute Gasteiger partial charge is 0.464 e. The Hall–Kier alpha value is -3.13. The van der Waals surface area contributed by atoms with Crippen LogP contribution in [0.1, 0.15) is 33.3 Å². The van der Waals surface area contributed by atoms with E-state index >= 15 is 0 Å². The Morgan fingerprint density at radius 3 is 2.00 bits per heavy atom. The second-order valence-electron chi connectivity index (χ2n) is 6.71. The molecule has 0 N–H and O–H groups in total. The van der Waals surface area contributed by atoms with Gasteiger partial charge in [-0.15, -0.1) is 0 Å². The van der Waals surface area contributed by atoms with Gasteiger partial charge in [0.15, 0.2) is 11.6 Å². The second-order valence-corrected chi connectivity index (χ2v) is 6.71. The van der Waals surface area contributed by atoms with Gasteiger partial charge in [-0.1, -0.05) is 60.7 Å². The molecule has 158 valence electrons. The third-order valence-electron chi connectivity index (χ3n) is 4.45. The second kappa shape index (κ2) is 9.58. The van der Waals surface area contributed by atoms with Crippen molar-refractivity contribution in [3.05, 3.63) is 89.1 Å². The lowest BCUT2D eigenvalue weighted by Crippen LogP contribution is -2.25. The highest BCUT2D eigenvalue weighted by atomic mass is 19.4. The van der Waals surface area contributed by atoms with Crippen molar-refractivity contribution in [1.29, 1.82) is 0 Å². The number of oxazole rings is 1. The van der Waals surface area contributed by atoms with Crippen molar-refractivity contribution >= 4 is 5.97 Å². The van der Waals surface area contributed by atoms with Crippen LogP contribution in [0.2, 0.25) is 0 Å². The van der Waals surface area contributed by atoms with Crippen LogP contribution in [0.15, 0.2) is 65.1 Å². The SMILES string of the molecule is COC(=O)c1nc(CCN(Cc2ccccc2)Cc2ccccc2)oc1C(F)(F)F. The van der Waals surface area contributed by atoms with Gasteiger partial charge in [-0.3, -0.25) is 4.90 Å². The number of halogens is 3. The van der Waals surface area contributed by atoms with Gasteiger partial charge in [0.2, 0.25) is 5.76 Å². The summed E-state index contributed by atoms with van der Waals surface area (Å²) in [7, 11) is 0.998. The van der Waals surface area contributed by atoms with E-state index in [4.69, 9.17) is 4.42 Å². The molecule has 0 fully saturated rings. The molecule has 0 aliphatic carbocycles. The van der Waals surface area contributed by atoms with Gasteiger partial charge < -0.3 is 9.15 Å². The van der Waals surface area contributed by atoms with Crippen LogP contribution in [0.3, 0.4) is 0 Å². The molecule has 0 unspecified atom stereocenters. The summed E-state index contributed by atoms with van der Waals surface area (Å²) >= 11 is 0. The normalized spacial score (nSPS) is 11.6. The molecule has 5 nitrogen and oxygen atoms in total. The highest BCUT2D eigenvalue weighted by Gasteiger charge is 2.42. The third kappa shape index (κ3) is 5.70. The van der Waals surface area contributed by atoms with E-state index in [9.17, 15) is 18.0 Å². The Bertz CT molecular complexity index is 915. The number of methoxy groups -OCH3 is 1. The molecule has 3 aromatic rings. The molecule has 30 heavy (non-hydrogen) atoms. The highest BCUT2D eigenvalue weighted by Crippen LogP contribution is 2.33. The van der Waals surface area contributed by atoms with Crippen LogP contribution in [0.4, 0.5) is 13.2 Å². The first-order valence-corrected chi connectivity index (χ1v) is 9.32. The predicted molar refractivity (Wildman–Crippen MR) is 104 cm³/mol. The van der Waals surface area contributed by atoms with Crippen molar-refractivity contribution in [3.8, 4) is 0 Å². The number of benzene rings is 2. The summed E-state index contributed by atoms with van der Waals surface area (Å²) in [5.74, 6) is -2.77. The summed E-state index contributed by atoms with van der Waals surface area (Å²) in [6, 6.07) is 19.5. The molecular weight excluding hydrogens is 397 g/mol. The van der Waals surface area contributed by atoms with Crippen molar-refractivity contribution < 1.29 is 27.1 Å². The van der Waals surface area contributed by atoms with Crippen LogP contribution in [-0.2, 0) is 30.4 Å². The maximum absolute atomic E-state index is 13.2. The molecule has 0 saturated carbocycles. The molecular formula is C22H21F3N2O3. The number of carbonyl (C=O) groups is 1. The molecule has 1 aromatic heterocycles. The Labute approximate surface area is 172 Å². The molecule has 0 saturated heterocycles. The van der Waals surface area contributed by atoms with Gasteiger partial charge in [0, 0.05) is 26.1 Å². The van der Waals surface area contributed by atoms with E-state index in [1.54, 1.807) is 0 Å². The van der Waals surface area contributed by atoms with E-state index in [0.717, 1.165) is 18.2 Å². The number of carbonyl (C=O) groups excluding carboxylic acids is 1. The summed E-state index contributed by atoms with van der Waals surface area (Å²) in [4.78, 5) is 17.5. The lowest BCUT2D eigenvalue weighted by molar-refractivity contribution is -0.154. The summed E-state index contributed by atoms with van der Waals surface area (Å²) in [5.41, 5.74) is 1.30. The molecule has 0 aliphatic rings. The lowest BCUT2D eigenvalue weighted by atomic mass is 10.1. The van der Waals surface area contributed by atoms with Gasteiger partial charge in [-0.05, 0) is 11.1 Å². The fraction of sp³-hybridized carbons (Fsp3) is 0.273. The summed E-state index contributed by atoms with van der Waals surface area (Å²) in [5, 5.41) is 0. The maximum Gasteiger partial charge on any atom is 0.452 e. The smallest absolute Gasteiger partial charge is 0.452 e. The van der Waals surface area contributed by atoms with Crippen molar-refractivity contribution in [2.45, 2.75) is 25.7 Å². The first-order valence-electron chi connectivity index (χ1n) is 9.32. The number of hydrogen-bond acceptors (Lipinski definition) is 5. The molecule has 0 radical (unpaired) electrons. The lowest BCUT2D eigenvalue weighted by Gasteiger charge is -2.22.